The highest BCUT2D eigenvalue weighted by Crippen LogP contribution is 2.14. The Morgan fingerprint density at radius 2 is 2.00 bits per heavy atom. The number of primary amides is 1. The Morgan fingerprint density at radius 1 is 1.39 bits per heavy atom. The molecule has 0 spiro atoms. The summed E-state index contributed by atoms with van der Waals surface area (Å²) in [7, 11) is 0. The average molecular weight is 253 g/mol. The van der Waals surface area contributed by atoms with Crippen LogP contribution in [0.4, 0.5) is 10.1 Å². The molecular formula is C12H16FN3O2. The third kappa shape index (κ3) is 3.19. The number of carbonyl (C=O) groups excluding carboxylic acids is 2. The quantitative estimate of drug-likeness (QED) is 0.687. The van der Waals surface area contributed by atoms with Crippen molar-refractivity contribution in [1.29, 1.82) is 0 Å². The standard InChI is InChI=1S/C12H16FN3O2/c1-12(2,11(15)18)6-16-10(17)8-5-7(14)3-4-9(8)13/h3-5H,6,14H2,1-2H3,(H2,15,18)(H,16,17). The summed E-state index contributed by atoms with van der Waals surface area (Å²) in [6, 6.07) is 3.71. The second-order valence-corrected chi connectivity index (χ2v) is 4.67. The van der Waals surface area contributed by atoms with Gasteiger partial charge in [-0.15, -0.1) is 0 Å². The first-order chi connectivity index (χ1) is 8.24. The van der Waals surface area contributed by atoms with E-state index in [2.05, 4.69) is 5.32 Å². The zero-order valence-electron chi connectivity index (χ0n) is 10.3. The highest BCUT2D eigenvalue weighted by Gasteiger charge is 2.26. The first kappa shape index (κ1) is 14.0. The third-order valence-electron chi connectivity index (χ3n) is 2.59. The number of nitrogens with one attached hydrogen (secondary N) is 1. The molecule has 1 aromatic rings. The van der Waals surface area contributed by atoms with Crippen LogP contribution in [-0.4, -0.2) is 18.4 Å². The van der Waals surface area contributed by atoms with E-state index in [0.717, 1.165) is 6.07 Å². The van der Waals surface area contributed by atoms with Gasteiger partial charge in [0.15, 0.2) is 0 Å². The summed E-state index contributed by atoms with van der Waals surface area (Å²) in [5.74, 6) is -1.84. The molecule has 0 aliphatic rings. The monoisotopic (exact) mass is 253 g/mol. The number of hydrogen-bond donors (Lipinski definition) is 3. The highest BCUT2D eigenvalue weighted by atomic mass is 19.1. The van der Waals surface area contributed by atoms with Crippen LogP contribution in [0, 0.1) is 11.2 Å². The third-order valence-corrected chi connectivity index (χ3v) is 2.59. The Labute approximate surface area is 104 Å². The second kappa shape index (κ2) is 5.03. The normalized spacial score (nSPS) is 11.1. The maximum atomic E-state index is 13.4. The van der Waals surface area contributed by atoms with Gasteiger partial charge in [-0.1, -0.05) is 0 Å². The van der Waals surface area contributed by atoms with Crippen LogP contribution in [0.5, 0.6) is 0 Å². The molecule has 0 saturated carbocycles. The van der Waals surface area contributed by atoms with Gasteiger partial charge in [0.2, 0.25) is 5.91 Å². The summed E-state index contributed by atoms with van der Waals surface area (Å²) in [6.07, 6.45) is 0. The van der Waals surface area contributed by atoms with Crippen molar-refractivity contribution >= 4 is 17.5 Å². The van der Waals surface area contributed by atoms with E-state index in [1.165, 1.54) is 12.1 Å². The average Bonchev–Trinajstić information content (AvgIpc) is 2.29. The Balaban J connectivity index is 2.78. The molecule has 0 saturated heterocycles. The zero-order chi connectivity index (χ0) is 13.9. The van der Waals surface area contributed by atoms with Crippen LogP contribution < -0.4 is 16.8 Å². The number of hydrogen-bond acceptors (Lipinski definition) is 3. The molecule has 0 unspecified atom stereocenters. The van der Waals surface area contributed by atoms with Crippen molar-refractivity contribution < 1.29 is 14.0 Å². The summed E-state index contributed by atoms with van der Waals surface area (Å²) in [5, 5.41) is 2.45. The maximum absolute atomic E-state index is 13.4. The minimum absolute atomic E-state index is 0.0232. The van der Waals surface area contributed by atoms with E-state index in [9.17, 15) is 14.0 Å². The maximum Gasteiger partial charge on any atom is 0.254 e. The fourth-order valence-electron chi connectivity index (χ4n) is 1.20. The van der Waals surface area contributed by atoms with Crippen LogP contribution in [0.15, 0.2) is 18.2 Å². The number of carbonyl (C=O) groups is 2. The SMILES string of the molecule is CC(C)(CNC(=O)c1cc(N)ccc1F)C(N)=O. The van der Waals surface area contributed by atoms with Gasteiger partial charge in [0.25, 0.3) is 5.91 Å². The summed E-state index contributed by atoms with van der Waals surface area (Å²) >= 11 is 0. The fourth-order valence-corrected chi connectivity index (χ4v) is 1.20. The molecule has 1 aromatic carbocycles. The van der Waals surface area contributed by atoms with E-state index in [4.69, 9.17) is 11.5 Å². The van der Waals surface area contributed by atoms with Gasteiger partial charge < -0.3 is 16.8 Å². The van der Waals surface area contributed by atoms with Gasteiger partial charge in [0.1, 0.15) is 5.82 Å². The van der Waals surface area contributed by atoms with Crippen molar-refractivity contribution in [2.75, 3.05) is 12.3 Å². The number of amides is 2. The fraction of sp³-hybridized carbons (Fsp3) is 0.333. The van der Waals surface area contributed by atoms with Crippen molar-refractivity contribution in [1.82, 2.24) is 5.32 Å². The van der Waals surface area contributed by atoms with E-state index in [0.29, 0.717) is 0 Å². The van der Waals surface area contributed by atoms with E-state index in [1.807, 2.05) is 0 Å². The highest BCUT2D eigenvalue weighted by molar-refractivity contribution is 5.95. The molecule has 5 N–H and O–H groups in total. The van der Waals surface area contributed by atoms with Crippen LogP contribution in [-0.2, 0) is 4.79 Å². The van der Waals surface area contributed by atoms with E-state index >= 15 is 0 Å². The summed E-state index contributed by atoms with van der Waals surface area (Å²) < 4.78 is 13.4. The van der Waals surface area contributed by atoms with Crippen molar-refractivity contribution in [2.45, 2.75) is 13.8 Å². The van der Waals surface area contributed by atoms with Crippen LogP contribution in [0.1, 0.15) is 24.2 Å². The summed E-state index contributed by atoms with van der Waals surface area (Å²) in [5.41, 5.74) is 9.87. The van der Waals surface area contributed by atoms with Gasteiger partial charge in [-0.2, -0.15) is 0 Å². The van der Waals surface area contributed by atoms with Crippen molar-refractivity contribution in [2.24, 2.45) is 11.1 Å². The van der Waals surface area contributed by atoms with Gasteiger partial charge in [-0.25, -0.2) is 4.39 Å². The number of anilines is 1. The molecule has 6 heteroatoms. The molecule has 0 aromatic heterocycles. The number of rotatable bonds is 4. The number of nitrogen functional groups attached to an aromatic ring is 1. The molecule has 5 nitrogen and oxygen atoms in total. The molecule has 0 heterocycles. The zero-order valence-corrected chi connectivity index (χ0v) is 10.3. The van der Waals surface area contributed by atoms with E-state index in [1.54, 1.807) is 13.8 Å². The van der Waals surface area contributed by atoms with Crippen LogP contribution in [0.3, 0.4) is 0 Å². The first-order valence-corrected chi connectivity index (χ1v) is 5.37. The Bertz CT molecular complexity index is 486. The molecule has 98 valence electrons. The first-order valence-electron chi connectivity index (χ1n) is 5.37. The minimum atomic E-state index is -0.896. The lowest BCUT2D eigenvalue weighted by Gasteiger charge is -2.20. The molecule has 0 atom stereocenters. The largest absolute Gasteiger partial charge is 0.399 e. The predicted octanol–water partition coefficient (Wildman–Crippen LogP) is 0.649. The van der Waals surface area contributed by atoms with Crippen LogP contribution in [0.25, 0.3) is 0 Å². The van der Waals surface area contributed by atoms with Crippen LogP contribution in [0.2, 0.25) is 0 Å². The lowest BCUT2D eigenvalue weighted by atomic mass is 9.92. The van der Waals surface area contributed by atoms with Gasteiger partial charge in [0.05, 0.1) is 11.0 Å². The second-order valence-electron chi connectivity index (χ2n) is 4.67. The Hall–Kier alpha value is -2.11. The number of halogens is 1. The molecule has 1 rings (SSSR count). The van der Waals surface area contributed by atoms with Gasteiger partial charge in [-0.05, 0) is 32.0 Å². The van der Waals surface area contributed by atoms with Crippen LogP contribution >= 0.6 is 0 Å². The van der Waals surface area contributed by atoms with Gasteiger partial charge in [-0.3, -0.25) is 9.59 Å². The lowest BCUT2D eigenvalue weighted by molar-refractivity contribution is -0.125. The van der Waals surface area contributed by atoms with Crippen molar-refractivity contribution in [3.63, 3.8) is 0 Å². The van der Waals surface area contributed by atoms with Gasteiger partial charge in [0, 0.05) is 12.2 Å². The van der Waals surface area contributed by atoms with E-state index in [-0.39, 0.29) is 17.8 Å². The summed E-state index contributed by atoms with van der Waals surface area (Å²) in [6.45, 7) is 3.20. The van der Waals surface area contributed by atoms with Gasteiger partial charge >= 0.3 is 0 Å². The molecule has 0 aliphatic heterocycles. The minimum Gasteiger partial charge on any atom is -0.399 e. The lowest BCUT2D eigenvalue weighted by Crippen LogP contribution is -2.42. The molecular weight excluding hydrogens is 237 g/mol. The molecule has 0 radical (unpaired) electrons. The van der Waals surface area contributed by atoms with Crippen molar-refractivity contribution in [3.05, 3.63) is 29.6 Å². The number of benzene rings is 1. The smallest absolute Gasteiger partial charge is 0.254 e. The Kier molecular flexibility index (Phi) is 3.90. The molecule has 0 aliphatic carbocycles. The molecule has 0 bridgehead atoms. The summed E-state index contributed by atoms with van der Waals surface area (Å²) in [4.78, 5) is 22.8. The van der Waals surface area contributed by atoms with E-state index < -0.39 is 23.0 Å². The molecule has 18 heavy (non-hydrogen) atoms. The topological polar surface area (TPSA) is 98.2 Å². The Morgan fingerprint density at radius 3 is 2.56 bits per heavy atom. The molecule has 0 fully saturated rings. The van der Waals surface area contributed by atoms with Crippen molar-refractivity contribution in [3.8, 4) is 0 Å². The molecule has 2 amide bonds. The number of nitrogens with two attached hydrogens (primary N) is 2. The predicted molar refractivity (Wildman–Crippen MR) is 66.1 cm³/mol.